The molecule has 2 aromatic carbocycles. The third-order valence-electron chi connectivity index (χ3n) is 8.92. The molecular weight excluding hydrogens is 556 g/mol. The average molecular weight is 603 g/mol. The van der Waals surface area contributed by atoms with Crippen LogP contribution in [0.5, 0.6) is 0 Å². The first-order chi connectivity index (χ1) is 21.0. The average Bonchev–Trinajstić information content (AvgIpc) is 3.35. The molecule has 3 N–H and O–H groups in total. The van der Waals surface area contributed by atoms with Gasteiger partial charge in [0.1, 0.15) is 5.60 Å². The van der Waals surface area contributed by atoms with Gasteiger partial charge in [-0.25, -0.2) is 9.59 Å². The minimum Gasteiger partial charge on any atom is -0.465 e. The van der Waals surface area contributed by atoms with Gasteiger partial charge in [-0.15, -0.1) is 0 Å². The Bertz CT molecular complexity index is 1480. The number of hydrogen-bond acceptors (Lipinski definition) is 4. The number of para-hydroxylation sites is 1. The number of carbonyl (C=O) groups excluding carboxylic acids is 2. The van der Waals surface area contributed by atoms with Gasteiger partial charge in [-0.2, -0.15) is 0 Å². The standard InChI is InChI=1S/C35H46N4O5/c1-23-8-7-9-24(20-23)29(21-32(40)36-25-12-14-26(15-13-25)37-33(41)44-35(2,3)4)30-22-39(31-11-6-5-10-28(30)31)27-16-18-38(19-17-27)34(42)43/h5-11,20,22,25-27,29H,12-19,21H2,1-4H3,(H,36,40)(H,37,41)(H,42,43). The maximum absolute atomic E-state index is 13.6. The molecular formula is C35H46N4O5. The summed E-state index contributed by atoms with van der Waals surface area (Å²) < 4.78 is 7.71. The first-order valence-corrected chi connectivity index (χ1v) is 15.9. The van der Waals surface area contributed by atoms with Gasteiger partial charge in [0.15, 0.2) is 0 Å². The van der Waals surface area contributed by atoms with E-state index in [0.717, 1.165) is 66.1 Å². The molecule has 236 valence electrons. The Kier molecular flexibility index (Phi) is 9.51. The molecule has 2 fully saturated rings. The zero-order valence-electron chi connectivity index (χ0n) is 26.3. The smallest absolute Gasteiger partial charge is 0.407 e. The molecule has 1 aliphatic carbocycles. The first-order valence-electron chi connectivity index (χ1n) is 15.9. The van der Waals surface area contributed by atoms with E-state index in [2.05, 4.69) is 64.7 Å². The zero-order valence-corrected chi connectivity index (χ0v) is 26.3. The number of aryl methyl sites for hydroxylation is 1. The Morgan fingerprint density at radius 2 is 1.59 bits per heavy atom. The normalized spacial score (nSPS) is 20.2. The second kappa shape index (κ2) is 13.3. The van der Waals surface area contributed by atoms with Gasteiger partial charge in [-0.3, -0.25) is 4.79 Å². The number of amides is 3. The molecule has 0 bridgehead atoms. The zero-order chi connectivity index (χ0) is 31.4. The Hall–Kier alpha value is -4.01. The summed E-state index contributed by atoms with van der Waals surface area (Å²) in [5, 5.41) is 16.8. The lowest BCUT2D eigenvalue weighted by Gasteiger charge is -2.31. The summed E-state index contributed by atoms with van der Waals surface area (Å²) in [5.41, 5.74) is 3.95. The van der Waals surface area contributed by atoms with E-state index in [9.17, 15) is 19.5 Å². The number of nitrogens with zero attached hydrogens (tertiary/aromatic N) is 2. The number of nitrogens with one attached hydrogen (secondary N) is 2. The number of benzene rings is 2. The topological polar surface area (TPSA) is 113 Å². The molecule has 1 saturated carbocycles. The monoisotopic (exact) mass is 602 g/mol. The molecule has 3 aromatic rings. The van der Waals surface area contributed by atoms with Gasteiger partial charge in [0.2, 0.25) is 5.91 Å². The summed E-state index contributed by atoms with van der Waals surface area (Å²) >= 11 is 0. The summed E-state index contributed by atoms with van der Waals surface area (Å²) in [4.78, 5) is 38.8. The molecule has 1 saturated heterocycles. The van der Waals surface area contributed by atoms with E-state index < -0.39 is 17.8 Å². The highest BCUT2D eigenvalue weighted by atomic mass is 16.6. The van der Waals surface area contributed by atoms with E-state index in [0.29, 0.717) is 19.5 Å². The van der Waals surface area contributed by atoms with Crippen LogP contribution in [0.2, 0.25) is 0 Å². The number of fused-ring (bicyclic) bond motifs is 1. The molecule has 2 aliphatic rings. The number of carbonyl (C=O) groups is 3. The Morgan fingerprint density at radius 1 is 0.932 bits per heavy atom. The van der Waals surface area contributed by atoms with Gasteiger partial charge in [0.25, 0.3) is 0 Å². The third-order valence-corrected chi connectivity index (χ3v) is 8.92. The van der Waals surface area contributed by atoms with Crippen molar-refractivity contribution in [2.24, 2.45) is 0 Å². The maximum Gasteiger partial charge on any atom is 0.407 e. The van der Waals surface area contributed by atoms with Crippen molar-refractivity contribution in [3.8, 4) is 0 Å². The molecule has 3 amide bonds. The van der Waals surface area contributed by atoms with Crippen LogP contribution in [0.1, 0.15) is 94.4 Å². The largest absolute Gasteiger partial charge is 0.465 e. The van der Waals surface area contributed by atoms with Crippen LogP contribution in [-0.4, -0.2) is 63.4 Å². The number of alkyl carbamates (subject to hydrolysis) is 1. The minimum atomic E-state index is -0.861. The van der Waals surface area contributed by atoms with Crippen molar-refractivity contribution in [2.45, 2.75) is 102 Å². The summed E-state index contributed by atoms with van der Waals surface area (Å²) in [7, 11) is 0. The number of carboxylic acid groups (broad SMARTS) is 1. The van der Waals surface area contributed by atoms with Gasteiger partial charge >= 0.3 is 12.2 Å². The van der Waals surface area contributed by atoms with E-state index >= 15 is 0 Å². The van der Waals surface area contributed by atoms with Crippen molar-refractivity contribution in [3.63, 3.8) is 0 Å². The molecule has 9 nitrogen and oxygen atoms in total. The lowest BCUT2D eigenvalue weighted by Crippen LogP contribution is -2.45. The molecule has 1 unspecified atom stereocenters. The lowest BCUT2D eigenvalue weighted by atomic mass is 9.86. The fraction of sp³-hybridized carbons (Fsp3) is 0.514. The first kappa shape index (κ1) is 31.4. The van der Waals surface area contributed by atoms with E-state index in [1.807, 2.05) is 32.9 Å². The van der Waals surface area contributed by atoms with Crippen LogP contribution in [0.15, 0.2) is 54.7 Å². The number of hydrogen-bond donors (Lipinski definition) is 3. The predicted octanol–water partition coefficient (Wildman–Crippen LogP) is 6.74. The van der Waals surface area contributed by atoms with Gasteiger partial charge in [0.05, 0.1) is 0 Å². The van der Waals surface area contributed by atoms with Crippen LogP contribution in [0.4, 0.5) is 9.59 Å². The fourth-order valence-electron chi connectivity index (χ4n) is 6.77. The molecule has 0 radical (unpaired) electrons. The van der Waals surface area contributed by atoms with Crippen LogP contribution in [0, 0.1) is 6.92 Å². The molecule has 1 aliphatic heterocycles. The number of rotatable bonds is 7. The molecule has 2 heterocycles. The summed E-state index contributed by atoms with van der Waals surface area (Å²) in [6.07, 6.45) is 5.98. The number of piperidine rings is 1. The van der Waals surface area contributed by atoms with Crippen LogP contribution >= 0.6 is 0 Å². The van der Waals surface area contributed by atoms with Crippen molar-refractivity contribution < 1.29 is 24.2 Å². The summed E-state index contributed by atoms with van der Waals surface area (Å²) in [6, 6.07) is 17.0. The Balaban J connectivity index is 1.32. The molecule has 5 rings (SSSR count). The Morgan fingerprint density at radius 3 is 2.23 bits per heavy atom. The van der Waals surface area contributed by atoms with E-state index in [1.54, 1.807) is 0 Å². The Labute approximate surface area is 259 Å². The third kappa shape index (κ3) is 7.73. The highest BCUT2D eigenvalue weighted by Crippen LogP contribution is 2.38. The number of ether oxygens (including phenoxy) is 1. The van der Waals surface area contributed by atoms with E-state index in [1.165, 1.54) is 4.90 Å². The second-order valence-electron chi connectivity index (χ2n) is 13.4. The van der Waals surface area contributed by atoms with Gasteiger partial charge in [0, 0.05) is 60.7 Å². The lowest BCUT2D eigenvalue weighted by molar-refractivity contribution is -0.122. The number of likely N-dealkylation sites (tertiary alicyclic amines) is 1. The van der Waals surface area contributed by atoms with Crippen molar-refractivity contribution in [1.29, 1.82) is 0 Å². The van der Waals surface area contributed by atoms with E-state index in [4.69, 9.17) is 4.74 Å². The molecule has 1 atom stereocenters. The highest BCUT2D eigenvalue weighted by Gasteiger charge is 2.30. The van der Waals surface area contributed by atoms with Crippen molar-refractivity contribution in [2.75, 3.05) is 13.1 Å². The van der Waals surface area contributed by atoms with Crippen LogP contribution in [0.3, 0.4) is 0 Å². The maximum atomic E-state index is 13.6. The van der Waals surface area contributed by atoms with E-state index in [-0.39, 0.29) is 30.0 Å². The second-order valence-corrected chi connectivity index (χ2v) is 13.4. The van der Waals surface area contributed by atoms with Crippen LogP contribution in [-0.2, 0) is 9.53 Å². The van der Waals surface area contributed by atoms with Gasteiger partial charge in [-0.1, -0.05) is 48.0 Å². The van der Waals surface area contributed by atoms with Crippen molar-refractivity contribution in [3.05, 3.63) is 71.4 Å². The quantitative estimate of drug-likeness (QED) is 0.277. The SMILES string of the molecule is Cc1cccc(C(CC(=O)NC2CCC(NC(=O)OC(C)(C)C)CC2)c2cn(C3CCN(C(=O)O)CC3)c3ccccc23)c1. The highest BCUT2D eigenvalue weighted by molar-refractivity contribution is 5.87. The molecule has 1 aromatic heterocycles. The van der Waals surface area contributed by atoms with Crippen molar-refractivity contribution in [1.82, 2.24) is 20.1 Å². The summed E-state index contributed by atoms with van der Waals surface area (Å²) in [5.74, 6) is -0.114. The molecule has 9 heteroatoms. The van der Waals surface area contributed by atoms with Gasteiger partial charge < -0.3 is 29.9 Å². The predicted molar refractivity (Wildman–Crippen MR) is 171 cm³/mol. The molecule has 44 heavy (non-hydrogen) atoms. The van der Waals surface area contributed by atoms with Crippen LogP contribution < -0.4 is 10.6 Å². The summed E-state index contributed by atoms with van der Waals surface area (Å²) in [6.45, 7) is 8.66. The van der Waals surface area contributed by atoms with Crippen molar-refractivity contribution >= 4 is 29.0 Å². The number of aromatic nitrogens is 1. The minimum absolute atomic E-state index is 0.0201. The molecule has 0 spiro atoms. The van der Waals surface area contributed by atoms with Gasteiger partial charge in [-0.05, 0) is 83.4 Å². The van der Waals surface area contributed by atoms with Crippen LogP contribution in [0.25, 0.3) is 10.9 Å². The fourth-order valence-corrected chi connectivity index (χ4v) is 6.77.